The van der Waals surface area contributed by atoms with Gasteiger partial charge in [-0.1, -0.05) is 6.92 Å². The summed E-state index contributed by atoms with van der Waals surface area (Å²) in [6, 6.07) is 3.10. The number of unbranched alkanes of at least 4 members (excludes halogenated alkanes) is 1. The van der Waals surface area contributed by atoms with Gasteiger partial charge in [0, 0.05) is 12.6 Å². The van der Waals surface area contributed by atoms with Crippen LogP contribution in [0.3, 0.4) is 0 Å². The van der Waals surface area contributed by atoms with E-state index >= 15 is 0 Å². The lowest BCUT2D eigenvalue weighted by Gasteiger charge is -2.28. The normalized spacial score (nSPS) is 24.2. The third-order valence-corrected chi connectivity index (χ3v) is 4.57. The molecule has 1 aliphatic rings. The van der Waals surface area contributed by atoms with Crippen LogP contribution < -0.4 is 5.32 Å². The molecule has 0 radical (unpaired) electrons. The summed E-state index contributed by atoms with van der Waals surface area (Å²) in [4.78, 5) is 5.05. The molecule has 0 saturated carbocycles. The monoisotopic (exact) mass is 294 g/mol. The Hall–Kier alpha value is -0.630. The van der Waals surface area contributed by atoms with E-state index < -0.39 is 0 Å². The van der Waals surface area contributed by atoms with E-state index in [-0.39, 0.29) is 5.54 Å². The van der Waals surface area contributed by atoms with Crippen molar-refractivity contribution >= 4 is 0 Å². The van der Waals surface area contributed by atoms with E-state index in [1.165, 1.54) is 39.0 Å². The molecule has 1 aliphatic heterocycles. The molecule has 0 aromatic heterocycles. The summed E-state index contributed by atoms with van der Waals surface area (Å²) in [6.07, 6.45) is 5.62. The fraction of sp³-hybridized carbons (Fsp3) is 0.941. The lowest BCUT2D eigenvalue weighted by molar-refractivity contribution is 0.197. The molecule has 1 N–H and O–H groups in total. The van der Waals surface area contributed by atoms with Gasteiger partial charge in [-0.25, -0.2) is 0 Å². The van der Waals surface area contributed by atoms with Crippen LogP contribution in [0.25, 0.3) is 0 Å². The predicted octanol–water partition coefficient (Wildman–Crippen LogP) is 2.46. The summed E-state index contributed by atoms with van der Waals surface area (Å²) in [5, 5.41) is 12.7. The van der Waals surface area contributed by atoms with Crippen LogP contribution in [0.15, 0.2) is 0 Å². The van der Waals surface area contributed by atoms with E-state index in [0.717, 1.165) is 25.8 Å². The van der Waals surface area contributed by atoms with Crippen LogP contribution in [0, 0.1) is 11.3 Å². The predicted molar refractivity (Wildman–Crippen MR) is 89.3 cm³/mol. The molecule has 0 amide bonds. The van der Waals surface area contributed by atoms with Crippen LogP contribution in [0.1, 0.15) is 52.9 Å². The van der Waals surface area contributed by atoms with Gasteiger partial charge >= 0.3 is 0 Å². The van der Waals surface area contributed by atoms with Crippen LogP contribution in [0.5, 0.6) is 0 Å². The number of nitrogens with one attached hydrogen (secondary N) is 1. The van der Waals surface area contributed by atoms with Crippen molar-refractivity contribution in [2.45, 2.75) is 64.5 Å². The highest BCUT2D eigenvalue weighted by atomic mass is 15.2. The summed E-state index contributed by atoms with van der Waals surface area (Å²) in [6.45, 7) is 12.2. The quantitative estimate of drug-likeness (QED) is 0.698. The van der Waals surface area contributed by atoms with Crippen LogP contribution in [-0.2, 0) is 0 Å². The summed E-state index contributed by atoms with van der Waals surface area (Å²) in [7, 11) is 2.22. The van der Waals surface area contributed by atoms with E-state index in [0.29, 0.717) is 6.04 Å². The second kappa shape index (κ2) is 9.40. The van der Waals surface area contributed by atoms with Crippen molar-refractivity contribution in [2.24, 2.45) is 0 Å². The van der Waals surface area contributed by atoms with Crippen molar-refractivity contribution in [1.82, 2.24) is 15.1 Å². The molecule has 21 heavy (non-hydrogen) atoms. The molecule has 1 fully saturated rings. The van der Waals surface area contributed by atoms with E-state index in [9.17, 15) is 5.26 Å². The first-order valence-electron chi connectivity index (χ1n) is 8.59. The van der Waals surface area contributed by atoms with Gasteiger partial charge in [-0.3, -0.25) is 10.2 Å². The minimum absolute atomic E-state index is 0.347. The van der Waals surface area contributed by atoms with Gasteiger partial charge in [-0.05, 0) is 79.2 Å². The minimum Gasteiger partial charge on any atom is -0.305 e. The zero-order chi connectivity index (χ0) is 15.7. The summed E-state index contributed by atoms with van der Waals surface area (Å²) >= 11 is 0. The maximum Gasteiger partial charge on any atom is 0.103 e. The van der Waals surface area contributed by atoms with Crippen molar-refractivity contribution in [2.75, 3.05) is 39.8 Å². The maximum atomic E-state index is 9.34. The molecule has 0 aromatic rings. The number of hydrogen-bond acceptors (Lipinski definition) is 4. The number of nitrogens with zero attached hydrogens (tertiary/aromatic N) is 3. The number of rotatable bonds is 8. The molecule has 2 atom stereocenters. The lowest BCUT2D eigenvalue weighted by atomic mass is 9.96. The molecular weight excluding hydrogens is 260 g/mol. The van der Waals surface area contributed by atoms with Gasteiger partial charge in [-0.15, -0.1) is 0 Å². The van der Waals surface area contributed by atoms with Gasteiger partial charge in [-0.2, -0.15) is 5.26 Å². The SMILES string of the molecule is CCCNC(C)(C#N)CCCCN1CCCN(C)CC1C. The highest BCUT2D eigenvalue weighted by Gasteiger charge is 2.23. The Morgan fingerprint density at radius 2 is 2.10 bits per heavy atom. The largest absolute Gasteiger partial charge is 0.305 e. The first-order valence-corrected chi connectivity index (χ1v) is 8.59. The number of hydrogen-bond donors (Lipinski definition) is 1. The molecule has 1 heterocycles. The van der Waals surface area contributed by atoms with Crippen LogP contribution in [-0.4, -0.2) is 61.2 Å². The Bertz CT molecular complexity index is 325. The van der Waals surface area contributed by atoms with Gasteiger partial charge in [0.2, 0.25) is 0 Å². The third-order valence-electron chi connectivity index (χ3n) is 4.57. The van der Waals surface area contributed by atoms with Crippen LogP contribution in [0.4, 0.5) is 0 Å². The van der Waals surface area contributed by atoms with Crippen LogP contribution >= 0.6 is 0 Å². The molecule has 4 heteroatoms. The molecule has 4 nitrogen and oxygen atoms in total. The Balaban J connectivity index is 2.27. The van der Waals surface area contributed by atoms with Crippen molar-refractivity contribution in [3.8, 4) is 6.07 Å². The maximum absolute atomic E-state index is 9.34. The van der Waals surface area contributed by atoms with Gasteiger partial charge in [0.15, 0.2) is 0 Å². The molecule has 0 aromatic carbocycles. The Kier molecular flexibility index (Phi) is 8.24. The summed E-state index contributed by atoms with van der Waals surface area (Å²) in [5.41, 5.74) is -0.347. The van der Waals surface area contributed by atoms with E-state index in [1.54, 1.807) is 0 Å². The van der Waals surface area contributed by atoms with E-state index in [4.69, 9.17) is 0 Å². The van der Waals surface area contributed by atoms with Crippen LogP contribution in [0.2, 0.25) is 0 Å². The van der Waals surface area contributed by atoms with Gasteiger partial charge in [0.05, 0.1) is 6.07 Å². The number of nitriles is 1. The zero-order valence-corrected chi connectivity index (χ0v) is 14.5. The molecular formula is C17H34N4. The molecule has 0 spiro atoms. The fourth-order valence-corrected chi connectivity index (χ4v) is 3.13. The van der Waals surface area contributed by atoms with Crippen molar-refractivity contribution in [1.29, 1.82) is 5.26 Å². The van der Waals surface area contributed by atoms with Crippen molar-refractivity contribution in [3.05, 3.63) is 0 Å². The molecule has 1 rings (SSSR count). The van der Waals surface area contributed by atoms with Gasteiger partial charge in [0.25, 0.3) is 0 Å². The third kappa shape index (κ3) is 6.78. The molecule has 0 bridgehead atoms. The average Bonchev–Trinajstić information content (AvgIpc) is 2.62. The standard InChI is InChI=1S/C17H34N4/c1-5-10-19-17(3,15-18)9-6-7-12-21-13-8-11-20(4)14-16(21)2/h16,19H,5-14H2,1-4H3. The summed E-state index contributed by atoms with van der Waals surface area (Å²) < 4.78 is 0. The first kappa shape index (κ1) is 18.4. The average molecular weight is 294 g/mol. The van der Waals surface area contributed by atoms with Crippen molar-refractivity contribution in [3.63, 3.8) is 0 Å². The Morgan fingerprint density at radius 1 is 1.33 bits per heavy atom. The molecule has 122 valence electrons. The lowest BCUT2D eigenvalue weighted by Crippen LogP contribution is -2.41. The van der Waals surface area contributed by atoms with Gasteiger partial charge < -0.3 is 4.90 Å². The minimum atomic E-state index is -0.347. The second-order valence-corrected chi connectivity index (χ2v) is 6.83. The topological polar surface area (TPSA) is 42.3 Å². The van der Waals surface area contributed by atoms with Gasteiger partial charge in [0.1, 0.15) is 5.54 Å². The molecule has 2 unspecified atom stereocenters. The highest BCUT2D eigenvalue weighted by Crippen LogP contribution is 2.15. The van der Waals surface area contributed by atoms with E-state index in [2.05, 4.69) is 42.1 Å². The highest BCUT2D eigenvalue weighted by molar-refractivity contribution is 5.03. The summed E-state index contributed by atoms with van der Waals surface area (Å²) in [5.74, 6) is 0. The second-order valence-electron chi connectivity index (χ2n) is 6.83. The smallest absolute Gasteiger partial charge is 0.103 e. The van der Waals surface area contributed by atoms with Crippen molar-refractivity contribution < 1.29 is 0 Å². The Labute approximate surface area is 131 Å². The first-order chi connectivity index (χ1) is 10.0. The molecule has 1 saturated heterocycles. The zero-order valence-electron chi connectivity index (χ0n) is 14.5. The Morgan fingerprint density at radius 3 is 2.76 bits per heavy atom. The van der Waals surface area contributed by atoms with E-state index in [1.807, 2.05) is 6.92 Å². The number of likely N-dealkylation sites (N-methyl/N-ethyl adjacent to an activating group) is 1. The molecule has 0 aliphatic carbocycles. The fourth-order valence-electron chi connectivity index (χ4n) is 3.13.